The van der Waals surface area contributed by atoms with Gasteiger partial charge in [-0.25, -0.2) is 0 Å². The minimum absolute atomic E-state index is 0.215. The molecule has 1 N–H and O–H groups in total. The number of rotatable bonds is 6. The van der Waals surface area contributed by atoms with Crippen molar-refractivity contribution in [2.24, 2.45) is 0 Å². The van der Waals surface area contributed by atoms with Gasteiger partial charge in [0.2, 0.25) is 0 Å². The van der Waals surface area contributed by atoms with Crippen LogP contribution in [0.2, 0.25) is 0 Å². The lowest BCUT2D eigenvalue weighted by molar-refractivity contribution is 0.483. The lowest BCUT2D eigenvalue weighted by atomic mass is 9.81. The SMILES string of the molecule is CCc1c(CNC(C)C)oc2ccc(C(C)(C)CC)cc12. The van der Waals surface area contributed by atoms with E-state index < -0.39 is 0 Å². The van der Waals surface area contributed by atoms with Crippen LogP contribution in [0.5, 0.6) is 0 Å². The molecule has 0 aliphatic heterocycles. The molecule has 0 saturated heterocycles. The number of nitrogens with one attached hydrogen (secondary N) is 1. The van der Waals surface area contributed by atoms with Gasteiger partial charge in [-0.3, -0.25) is 0 Å². The number of fused-ring (bicyclic) bond motifs is 1. The predicted molar refractivity (Wildman–Crippen MR) is 90.9 cm³/mol. The summed E-state index contributed by atoms with van der Waals surface area (Å²) in [6.07, 6.45) is 2.15. The molecular formula is C19H29NO. The van der Waals surface area contributed by atoms with Crippen molar-refractivity contribution in [3.63, 3.8) is 0 Å². The van der Waals surface area contributed by atoms with E-state index in [0.29, 0.717) is 6.04 Å². The Balaban J connectivity index is 2.46. The molecule has 0 aliphatic carbocycles. The maximum atomic E-state index is 6.08. The number of aryl methyl sites for hydroxylation is 1. The lowest BCUT2D eigenvalue weighted by Crippen LogP contribution is -2.22. The molecule has 1 aromatic heterocycles. The van der Waals surface area contributed by atoms with E-state index >= 15 is 0 Å². The van der Waals surface area contributed by atoms with Crippen LogP contribution in [0, 0.1) is 0 Å². The predicted octanol–water partition coefficient (Wildman–Crippen LogP) is 5.18. The summed E-state index contributed by atoms with van der Waals surface area (Å²) in [5.41, 5.74) is 3.98. The minimum atomic E-state index is 0.215. The number of hydrogen-bond acceptors (Lipinski definition) is 2. The van der Waals surface area contributed by atoms with Gasteiger partial charge < -0.3 is 9.73 Å². The highest BCUT2D eigenvalue weighted by atomic mass is 16.3. The summed E-state index contributed by atoms with van der Waals surface area (Å²) in [7, 11) is 0. The molecule has 2 heteroatoms. The molecule has 0 fully saturated rings. The first-order valence-corrected chi connectivity index (χ1v) is 8.17. The highest BCUT2D eigenvalue weighted by Crippen LogP contribution is 2.33. The number of benzene rings is 1. The van der Waals surface area contributed by atoms with Crippen molar-refractivity contribution in [1.29, 1.82) is 0 Å². The Morgan fingerprint density at radius 1 is 1.19 bits per heavy atom. The molecule has 1 aromatic carbocycles. The van der Waals surface area contributed by atoms with Crippen molar-refractivity contribution in [3.05, 3.63) is 35.1 Å². The molecule has 0 radical (unpaired) electrons. The van der Waals surface area contributed by atoms with Crippen molar-refractivity contribution >= 4 is 11.0 Å². The first kappa shape index (κ1) is 16.1. The van der Waals surface area contributed by atoms with Gasteiger partial charge >= 0.3 is 0 Å². The Morgan fingerprint density at radius 3 is 2.48 bits per heavy atom. The van der Waals surface area contributed by atoms with Crippen molar-refractivity contribution in [2.45, 2.75) is 72.4 Å². The van der Waals surface area contributed by atoms with Crippen molar-refractivity contribution in [2.75, 3.05) is 0 Å². The molecule has 0 bridgehead atoms. The van der Waals surface area contributed by atoms with E-state index in [4.69, 9.17) is 4.42 Å². The number of hydrogen-bond donors (Lipinski definition) is 1. The van der Waals surface area contributed by atoms with E-state index in [0.717, 1.165) is 30.7 Å². The fourth-order valence-electron chi connectivity index (χ4n) is 2.65. The Hall–Kier alpha value is -1.28. The third kappa shape index (κ3) is 3.32. The molecule has 21 heavy (non-hydrogen) atoms. The molecule has 2 rings (SSSR count). The first-order chi connectivity index (χ1) is 9.89. The van der Waals surface area contributed by atoms with E-state index in [1.807, 2.05) is 0 Å². The Labute approximate surface area is 128 Å². The summed E-state index contributed by atoms with van der Waals surface area (Å²) < 4.78 is 6.08. The van der Waals surface area contributed by atoms with E-state index in [9.17, 15) is 0 Å². The highest BCUT2D eigenvalue weighted by Gasteiger charge is 2.20. The molecule has 2 nitrogen and oxygen atoms in total. The minimum Gasteiger partial charge on any atom is -0.459 e. The summed E-state index contributed by atoms with van der Waals surface area (Å²) in [4.78, 5) is 0. The van der Waals surface area contributed by atoms with Crippen molar-refractivity contribution < 1.29 is 4.42 Å². The van der Waals surface area contributed by atoms with Gasteiger partial charge in [0.15, 0.2) is 0 Å². The molecule has 0 saturated carbocycles. The van der Waals surface area contributed by atoms with Crippen molar-refractivity contribution in [3.8, 4) is 0 Å². The van der Waals surface area contributed by atoms with Gasteiger partial charge in [-0.1, -0.05) is 47.6 Å². The summed E-state index contributed by atoms with van der Waals surface area (Å²) in [5, 5.41) is 4.75. The van der Waals surface area contributed by atoms with Crippen LogP contribution < -0.4 is 5.32 Å². The van der Waals surface area contributed by atoms with Gasteiger partial charge in [0.05, 0.1) is 6.54 Å². The Kier molecular flexibility index (Phi) is 4.77. The van der Waals surface area contributed by atoms with E-state index in [2.05, 4.69) is 65.1 Å². The van der Waals surface area contributed by atoms with Gasteiger partial charge in [0, 0.05) is 17.0 Å². The zero-order valence-electron chi connectivity index (χ0n) is 14.3. The summed E-state index contributed by atoms with van der Waals surface area (Å²) in [6.45, 7) is 14.2. The molecule has 116 valence electrons. The molecule has 2 aromatic rings. The normalized spacial score (nSPS) is 12.5. The second-order valence-corrected chi connectivity index (χ2v) is 6.84. The standard InChI is InChI=1S/C19H29NO/c1-7-15-16-11-14(19(5,6)8-2)9-10-17(16)21-18(15)12-20-13(3)4/h9-11,13,20H,7-8,12H2,1-6H3. The van der Waals surface area contributed by atoms with Crippen LogP contribution in [-0.2, 0) is 18.4 Å². The quantitative estimate of drug-likeness (QED) is 0.791. The number of furan rings is 1. The maximum absolute atomic E-state index is 6.08. The summed E-state index contributed by atoms with van der Waals surface area (Å²) in [6, 6.07) is 7.16. The smallest absolute Gasteiger partial charge is 0.134 e. The van der Waals surface area contributed by atoms with Gasteiger partial charge in [-0.05, 0) is 36.0 Å². The van der Waals surface area contributed by atoms with Crippen LogP contribution in [-0.4, -0.2) is 6.04 Å². The third-order valence-electron chi connectivity index (χ3n) is 4.56. The Bertz CT molecular complexity index is 607. The molecular weight excluding hydrogens is 258 g/mol. The molecule has 1 heterocycles. The zero-order valence-corrected chi connectivity index (χ0v) is 14.3. The second kappa shape index (κ2) is 6.23. The molecule has 0 spiro atoms. The van der Waals surface area contributed by atoms with Gasteiger partial charge in [0.1, 0.15) is 11.3 Å². The fourth-order valence-corrected chi connectivity index (χ4v) is 2.65. The van der Waals surface area contributed by atoms with E-state index in [1.165, 1.54) is 16.5 Å². The lowest BCUT2D eigenvalue weighted by Gasteiger charge is -2.23. The van der Waals surface area contributed by atoms with E-state index in [-0.39, 0.29) is 5.41 Å². The third-order valence-corrected chi connectivity index (χ3v) is 4.56. The molecule has 0 unspecified atom stereocenters. The molecule has 0 amide bonds. The van der Waals surface area contributed by atoms with Crippen molar-refractivity contribution in [1.82, 2.24) is 5.32 Å². The first-order valence-electron chi connectivity index (χ1n) is 8.17. The second-order valence-electron chi connectivity index (χ2n) is 6.84. The van der Waals surface area contributed by atoms with E-state index in [1.54, 1.807) is 0 Å². The summed E-state index contributed by atoms with van der Waals surface area (Å²) in [5.74, 6) is 1.09. The largest absolute Gasteiger partial charge is 0.459 e. The average molecular weight is 287 g/mol. The van der Waals surface area contributed by atoms with Gasteiger partial charge in [-0.2, -0.15) is 0 Å². The fraction of sp³-hybridized carbons (Fsp3) is 0.579. The monoisotopic (exact) mass is 287 g/mol. The average Bonchev–Trinajstić information content (AvgIpc) is 2.81. The van der Waals surface area contributed by atoms with Crippen LogP contribution in [0.3, 0.4) is 0 Å². The van der Waals surface area contributed by atoms with Gasteiger partial charge in [0.25, 0.3) is 0 Å². The van der Waals surface area contributed by atoms with Crippen LogP contribution in [0.4, 0.5) is 0 Å². The Morgan fingerprint density at radius 2 is 1.90 bits per heavy atom. The van der Waals surface area contributed by atoms with Gasteiger partial charge in [-0.15, -0.1) is 0 Å². The zero-order chi connectivity index (χ0) is 15.6. The highest BCUT2D eigenvalue weighted by molar-refractivity contribution is 5.83. The molecule has 0 aliphatic rings. The maximum Gasteiger partial charge on any atom is 0.134 e. The van der Waals surface area contributed by atoms with Crippen LogP contribution in [0.25, 0.3) is 11.0 Å². The van der Waals surface area contributed by atoms with Crippen LogP contribution >= 0.6 is 0 Å². The van der Waals surface area contributed by atoms with Crippen LogP contribution in [0.1, 0.15) is 64.9 Å². The topological polar surface area (TPSA) is 25.2 Å². The van der Waals surface area contributed by atoms with Crippen LogP contribution in [0.15, 0.2) is 22.6 Å². The summed E-state index contributed by atoms with van der Waals surface area (Å²) >= 11 is 0. The molecule has 0 atom stereocenters.